The predicted molar refractivity (Wildman–Crippen MR) is 85.8 cm³/mol. The van der Waals surface area contributed by atoms with Crippen molar-refractivity contribution in [1.29, 1.82) is 0 Å². The molecule has 112 valence electrons. The van der Waals surface area contributed by atoms with Gasteiger partial charge in [0.25, 0.3) is 0 Å². The third-order valence-corrected chi connectivity index (χ3v) is 3.53. The monoisotopic (exact) mass is 277 g/mol. The molecular weight excluding hydrogens is 250 g/mol. The summed E-state index contributed by atoms with van der Waals surface area (Å²) in [5, 5.41) is 2.99. The lowest BCUT2D eigenvalue weighted by molar-refractivity contribution is -0.121. The molecule has 0 saturated carbocycles. The summed E-state index contributed by atoms with van der Waals surface area (Å²) in [5.74, 6) is 0.0278. The number of hydrogen-bond donors (Lipinski definition) is 2. The zero-order valence-electron chi connectivity index (χ0n) is 13.2. The summed E-state index contributed by atoms with van der Waals surface area (Å²) in [6, 6.07) is 5.73. The smallest absolute Gasteiger partial charge is 0.241 e. The maximum atomic E-state index is 12.4. The first-order valence-corrected chi connectivity index (χ1v) is 7.29. The second-order valence-corrected chi connectivity index (χ2v) is 5.57. The molecule has 0 heterocycles. The highest BCUT2D eigenvalue weighted by Crippen LogP contribution is 2.18. The number of aryl methyl sites for hydroxylation is 1. The maximum absolute atomic E-state index is 12.4. The summed E-state index contributed by atoms with van der Waals surface area (Å²) >= 11 is 0. The Morgan fingerprint density at radius 3 is 2.50 bits per heavy atom. The molecule has 1 unspecified atom stereocenters. The van der Waals surface area contributed by atoms with Crippen LogP contribution in [0.15, 0.2) is 18.2 Å². The van der Waals surface area contributed by atoms with E-state index in [0.29, 0.717) is 11.7 Å². The zero-order chi connectivity index (χ0) is 15.3. The van der Waals surface area contributed by atoms with E-state index in [0.717, 1.165) is 24.2 Å². The SMILES string of the molecule is CCCN(C(C)C)C(C)C(=O)Nc1ccc(N)cc1C. The van der Waals surface area contributed by atoms with Crippen molar-refractivity contribution in [2.24, 2.45) is 0 Å². The van der Waals surface area contributed by atoms with Crippen LogP contribution >= 0.6 is 0 Å². The maximum Gasteiger partial charge on any atom is 0.241 e. The van der Waals surface area contributed by atoms with Crippen LogP contribution in [-0.2, 0) is 4.79 Å². The highest BCUT2D eigenvalue weighted by molar-refractivity contribution is 5.95. The first-order chi connectivity index (χ1) is 9.36. The Kier molecular flexibility index (Phi) is 6.02. The highest BCUT2D eigenvalue weighted by atomic mass is 16.2. The molecule has 0 fully saturated rings. The minimum atomic E-state index is -0.146. The van der Waals surface area contributed by atoms with E-state index in [1.807, 2.05) is 26.0 Å². The molecule has 0 radical (unpaired) electrons. The molecule has 3 N–H and O–H groups in total. The quantitative estimate of drug-likeness (QED) is 0.786. The van der Waals surface area contributed by atoms with Crippen molar-refractivity contribution in [3.05, 3.63) is 23.8 Å². The van der Waals surface area contributed by atoms with Crippen molar-refractivity contribution in [1.82, 2.24) is 4.90 Å². The van der Waals surface area contributed by atoms with E-state index >= 15 is 0 Å². The van der Waals surface area contributed by atoms with Gasteiger partial charge >= 0.3 is 0 Å². The van der Waals surface area contributed by atoms with Gasteiger partial charge in [-0.25, -0.2) is 0 Å². The van der Waals surface area contributed by atoms with Crippen molar-refractivity contribution in [2.45, 2.75) is 53.1 Å². The lowest BCUT2D eigenvalue weighted by Crippen LogP contribution is -2.46. The van der Waals surface area contributed by atoms with Crippen LogP contribution < -0.4 is 11.1 Å². The first-order valence-electron chi connectivity index (χ1n) is 7.29. The van der Waals surface area contributed by atoms with Crippen molar-refractivity contribution in [2.75, 3.05) is 17.6 Å². The van der Waals surface area contributed by atoms with Crippen molar-refractivity contribution in [3.63, 3.8) is 0 Å². The third kappa shape index (κ3) is 4.23. The third-order valence-electron chi connectivity index (χ3n) is 3.53. The number of nitrogens with two attached hydrogens (primary N) is 1. The number of carbonyl (C=O) groups is 1. The Labute approximate surface area is 122 Å². The zero-order valence-corrected chi connectivity index (χ0v) is 13.2. The number of anilines is 2. The largest absolute Gasteiger partial charge is 0.399 e. The molecule has 0 aromatic heterocycles. The summed E-state index contributed by atoms with van der Waals surface area (Å²) in [6.07, 6.45) is 1.04. The van der Waals surface area contributed by atoms with Crippen molar-refractivity contribution < 1.29 is 4.79 Å². The molecule has 20 heavy (non-hydrogen) atoms. The summed E-state index contributed by atoms with van der Waals surface area (Å²) < 4.78 is 0. The highest BCUT2D eigenvalue weighted by Gasteiger charge is 2.23. The molecule has 1 atom stereocenters. The molecule has 1 aromatic rings. The summed E-state index contributed by atoms with van der Waals surface area (Å²) in [7, 11) is 0. The normalized spacial score (nSPS) is 12.8. The van der Waals surface area contributed by atoms with Gasteiger partial charge in [0.1, 0.15) is 0 Å². The van der Waals surface area contributed by atoms with E-state index < -0.39 is 0 Å². The molecule has 0 aliphatic rings. The second-order valence-electron chi connectivity index (χ2n) is 5.57. The average Bonchev–Trinajstić information content (AvgIpc) is 2.38. The minimum absolute atomic E-state index is 0.0278. The average molecular weight is 277 g/mol. The minimum Gasteiger partial charge on any atom is -0.399 e. The van der Waals surface area contributed by atoms with Gasteiger partial charge in [-0.2, -0.15) is 0 Å². The Hall–Kier alpha value is -1.55. The Morgan fingerprint density at radius 2 is 2.00 bits per heavy atom. The number of nitrogens with one attached hydrogen (secondary N) is 1. The lowest BCUT2D eigenvalue weighted by atomic mass is 10.1. The fourth-order valence-corrected chi connectivity index (χ4v) is 2.37. The molecule has 4 heteroatoms. The Bertz CT molecular complexity index is 457. The van der Waals surface area contributed by atoms with Gasteiger partial charge in [0.05, 0.1) is 6.04 Å². The fraction of sp³-hybridized carbons (Fsp3) is 0.562. The number of rotatable bonds is 6. The molecule has 4 nitrogen and oxygen atoms in total. The number of carbonyl (C=O) groups excluding carboxylic acids is 1. The van der Waals surface area contributed by atoms with Gasteiger partial charge in [-0.3, -0.25) is 9.69 Å². The second kappa shape index (κ2) is 7.29. The van der Waals surface area contributed by atoms with Gasteiger partial charge in [-0.15, -0.1) is 0 Å². The number of hydrogen-bond acceptors (Lipinski definition) is 3. The van der Waals surface area contributed by atoms with Gasteiger partial charge in [0.15, 0.2) is 0 Å². The first kappa shape index (κ1) is 16.5. The van der Waals surface area contributed by atoms with Crippen LogP contribution in [0.3, 0.4) is 0 Å². The molecule has 0 spiro atoms. The fourth-order valence-electron chi connectivity index (χ4n) is 2.37. The molecular formula is C16H27N3O. The van der Waals surface area contributed by atoms with E-state index in [1.165, 1.54) is 0 Å². The van der Waals surface area contributed by atoms with Crippen LogP contribution in [0, 0.1) is 6.92 Å². The van der Waals surface area contributed by atoms with Crippen molar-refractivity contribution in [3.8, 4) is 0 Å². The van der Waals surface area contributed by atoms with Gasteiger partial charge < -0.3 is 11.1 Å². The van der Waals surface area contributed by atoms with Crippen LogP contribution in [0.5, 0.6) is 0 Å². The van der Waals surface area contributed by atoms with Gasteiger partial charge in [0, 0.05) is 17.4 Å². The van der Waals surface area contributed by atoms with E-state index in [2.05, 4.69) is 31.0 Å². The van der Waals surface area contributed by atoms with Crippen LogP contribution in [-0.4, -0.2) is 29.4 Å². The summed E-state index contributed by atoms with van der Waals surface area (Å²) in [4.78, 5) is 14.6. The van der Waals surface area contributed by atoms with Crippen LogP contribution in [0.2, 0.25) is 0 Å². The number of benzene rings is 1. The van der Waals surface area contributed by atoms with Crippen molar-refractivity contribution >= 4 is 17.3 Å². The molecule has 0 aliphatic carbocycles. The number of nitrogen functional groups attached to an aromatic ring is 1. The molecule has 0 bridgehead atoms. The Morgan fingerprint density at radius 1 is 1.35 bits per heavy atom. The van der Waals surface area contributed by atoms with Crippen LogP contribution in [0.25, 0.3) is 0 Å². The van der Waals surface area contributed by atoms with Gasteiger partial charge in [-0.1, -0.05) is 6.92 Å². The topological polar surface area (TPSA) is 58.4 Å². The molecule has 1 rings (SSSR count). The summed E-state index contributed by atoms with van der Waals surface area (Å²) in [5.41, 5.74) is 8.25. The van der Waals surface area contributed by atoms with Gasteiger partial charge in [-0.05, 0) is 64.4 Å². The van der Waals surface area contributed by atoms with E-state index in [9.17, 15) is 4.79 Å². The number of nitrogens with zero attached hydrogens (tertiary/aromatic N) is 1. The van der Waals surface area contributed by atoms with Crippen LogP contribution in [0.1, 0.15) is 39.7 Å². The molecule has 1 amide bonds. The summed E-state index contributed by atoms with van der Waals surface area (Å²) in [6.45, 7) is 11.2. The van der Waals surface area contributed by atoms with E-state index in [-0.39, 0.29) is 11.9 Å². The molecule has 0 aliphatic heterocycles. The number of amides is 1. The van der Waals surface area contributed by atoms with Crippen LogP contribution in [0.4, 0.5) is 11.4 Å². The van der Waals surface area contributed by atoms with E-state index in [4.69, 9.17) is 5.73 Å². The predicted octanol–water partition coefficient (Wildman–Crippen LogP) is 3.02. The standard InChI is InChI=1S/C16H27N3O/c1-6-9-19(11(2)3)13(5)16(20)18-15-8-7-14(17)10-12(15)4/h7-8,10-11,13H,6,9,17H2,1-5H3,(H,18,20). The van der Waals surface area contributed by atoms with E-state index in [1.54, 1.807) is 6.07 Å². The van der Waals surface area contributed by atoms with Gasteiger partial charge in [0.2, 0.25) is 5.91 Å². The molecule has 1 aromatic carbocycles. The Balaban J connectivity index is 2.78. The lowest BCUT2D eigenvalue weighted by Gasteiger charge is -2.31. The molecule has 0 saturated heterocycles.